The van der Waals surface area contributed by atoms with Gasteiger partial charge in [-0.1, -0.05) is 25.1 Å². The minimum Gasteiger partial charge on any atom is -0.356 e. The molecule has 0 spiro atoms. The number of fused-ring (bicyclic) bond motifs is 1. The highest BCUT2D eigenvalue weighted by atomic mass is 16.2. The Kier molecular flexibility index (Phi) is 7.32. The van der Waals surface area contributed by atoms with Crippen LogP contribution >= 0.6 is 0 Å². The molecule has 2 aromatic rings. The molecule has 1 amide bonds. The largest absolute Gasteiger partial charge is 0.356 e. The lowest BCUT2D eigenvalue weighted by Crippen LogP contribution is -2.39. The van der Waals surface area contributed by atoms with Gasteiger partial charge in [0.05, 0.1) is 0 Å². The van der Waals surface area contributed by atoms with Gasteiger partial charge in [0.15, 0.2) is 5.96 Å². The topological polar surface area (TPSA) is 61.7 Å². The highest BCUT2D eigenvalue weighted by Gasteiger charge is 2.04. The van der Waals surface area contributed by atoms with Crippen LogP contribution in [-0.4, -0.2) is 55.1 Å². The number of hydrogen-bond acceptors (Lipinski definition) is 2. The number of hydrogen-bond donors (Lipinski definition) is 2. The van der Waals surface area contributed by atoms with Crippen LogP contribution in [0.1, 0.15) is 19.8 Å². The summed E-state index contributed by atoms with van der Waals surface area (Å²) in [5.41, 5.74) is 1.26. The summed E-state index contributed by atoms with van der Waals surface area (Å²) in [7, 11) is 3.48. The monoisotopic (exact) mass is 343 g/mol. The molecule has 0 bridgehead atoms. The summed E-state index contributed by atoms with van der Waals surface area (Å²) in [5, 5.41) is 7.83. The number of nitrogens with zero attached hydrogens (tertiary/aromatic N) is 3. The second-order valence-electron chi connectivity index (χ2n) is 6.23. The first-order valence-electron chi connectivity index (χ1n) is 8.88. The zero-order chi connectivity index (χ0) is 18.1. The molecule has 1 aromatic heterocycles. The molecule has 0 fully saturated rings. The quantitative estimate of drug-likeness (QED) is 0.438. The number of carbonyl (C=O) groups excluding carboxylic acids is 1. The van der Waals surface area contributed by atoms with Crippen molar-refractivity contribution in [3.63, 3.8) is 0 Å². The molecule has 0 unspecified atom stereocenters. The lowest BCUT2D eigenvalue weighted by Gasteiger charge is -2.13. The first kappa shape index (κ1) is 18.8. The van der Waals surface area contributed by atoms with Gasteiger partial charge in [-0.05, 0) is 30.4 Å². The fraction of sp³-hybridized carbons (Fsp3) is 0.474. The van der Waals surface area contributed by atoms with Crippen LogP contribution in [0.5, 0.6) is 0 Å². The fourth-order valence-corrected chi connectivity index (χ4v) is 2.50. The highest BCUT2D eigenvalue weighted by Crippen LogP contribution is 2.15. The molecule has 0 aliphatic heterocycles. The maximum Gasteiger partial charge on any atom is 0.243 e. The Morgan fingerprint density at radius 2 is 1.92 bits per heavy atom. The van der Waals surface area contributed by atoms with E-state index in [1.807, 2.05) is 0 Å². The average Bonchev–Trinajstić information content (AvgIpc) is 3.03. The third-order valence-corrected chi connectivity index (χ3v) is 3.96. The fourth-order valence-electron chi connectivity index (χ4n) is 2.50. The number of benzene rings is 1. The second-order valence-corrected chi connectivity index (χ2v) is 6.23. The van der Waals surface area contributed by atoms with Gasteiger partial charge in [0.25, 0.3) is 0 Å². The molecule has 0 atom stereocenters. The maximum atomic E-state index is 11.7. The van der Waals surface area contributed by atoms with Gasteiger partial charge in [0.2, 0.25) is 5.91 Å². The number of aromatic nitrogens is 1. The molecule has 0 aliphatic carbocycles. The smallest absolute Gasteiger partial charge is 0.243 e. The molecule has 136 valence electrons. The van der Waals surface area contributed by atoms with Crippen molar-refractivity contribution in [2.45, 2.75) is 26.3 Å². The van der Waals surface area contributed by atoms with Gasteiger partial charge in [-0.3, -0.25) is 4.79 Å². The van der Waals surface area contributed by atoms with Gasteiger partial charge in [0, 0.05) is 45.4 Å². The summed E-state index contributed by atoms with van der Waals surface area (Å²) in [6.45, 7) is 4.85. The molecule has 0 aliphatic rings. The summed E-state index contributed by atoms with van der Waals surface area (Å²) in [4.78, 5) is 17.6. The molecule has 0 saturated heterocycles. The number of nitrogens with one attached hydrogen (secondary N) is 2. The summed E-state index contributed by atoms with van der Waals surface area (Å²) in [6, 6.07) is 10.5. The van der Waals surface area contributed by atoms with Crippen molar-refractivity contribution in [2.24, 2.45) is 4.99 Å². The van der Waals surface area contributed by atoms with Crippen molar-refractivity contribution < 1.29 is 4.79 Å². The van der Waals surface area contributed by atoms with E-state index in [1.165, 1.54) is 10.9 Å². The van der Waals surface area contributed by atoms with Gasteiger partial charge in [-0.15, -0.1) is 0 Å². The molecule has 6 nitrogen and oxygen atoms in total. The molecular weight excluding hydrogens is 314 g/mol. The summed E-state index contributed by atoms with van der Waals surface area (Å²) in [6.07, 6.45) is 4.12. The zero-order valence-corrected chi connectivity index (χ0v) is 15.5. The number of likely N-dealkylation sites (N-methyl/N-ethyl adjacent to an activating group) is 1. The number of aliphatic imine (C=N–C) groups is 1. The first-order chi connectivity index (χ1) is 12.1. The molecule has 25 heavy (non-hydrogen) atoms. The van der Waals surface area contributed by atoms with Gasteiger partial charge in [-0.25, -0.2) is 4.99 Å². The Morgan fingerprint density at radius 1 is 1.16 bits per heavy atom. The molecule has 2 rings (SSSR count). The van der Waals surface area contributed by atoms with Crippen LogP contribution in [0.4, 0.5) is 0 Å². The minimum atomic E-state index is -0.00332. The van der Waals surface area contributed by atoms with Gasteiger partial charge in [-0.2, -0.15) is 0 Å². The van der Waals surface area contributed by atoms with E-state index in [2.05, 4.69) is 63.6 Å². The molecule has 6 heteroatoms. The van der Waals surface area contributed by atoms with E-state index in [4.69, 9.17) is 0 Å². The average molecular weight is 343 g/mol. The number of amides is 1. The standard InChI is InChI=1S/C19H29N5O/c1-4-11-20-19(22-15-18(25)23(2)3)21-12-7-13-24-14-10-16-8-5-6-9-17(16)24/h5-6,8-10,14H,4,7,11-13,15H2,1-3H3,(H2,20,21,22). The number of carbonyl (C=O) groups is 1. The van der Waals surface area contributed by atoms with E-state index in [9.17, 15) is 4.79 Å². The van der Waals surface area contributed by atoms with E-state index in [0.717, 1.165) is 32.5 Å². The molecule has 1 aromatic carbocycles. The Balaban J connectivity index is 1.83. The van der Waals surface area contributed by atoms with Crippen LogP contribution in [0.15, 0.2) is 41.5 Å². The molecular formula is C19H29N5O. The molecule has 0 saturated carbocycles. The predicted octanol–water partition coefficient (Wildman–Crippen LogP) is 2.06. The molecule has 1 heterocycles. The van der Waals surface area contributed by atoms with Crippen molar-refractivity contribution in [1.29, 1.82) is 0 Å². The summed E-state index contributed by atoms with van der Waals surface area (Å²) < 4.78 is 2.27. The Labute approximate surface area is 149 Å². The highest BCUT2D eigenvalue weighted by molar-refractivity contribution is 5.84. The van der Waals surface area contributed by atoms with Crippen molar-refractivity contribution >= 4 is 22.8 Å². The van der Waals surface area contributed by atoms with Gasteiger partial charge < -0.3 is 20.1 Å². The third kappa shape index (κ3) is 5.81. The number of rotatable bonds is 8. The van der Waals surface area contributed by atoms with Crippen LogP contribution in [0.3, 0.4) is 0 Å². The number of aryl methyl sites for hydroxylation is 1. The van der Waals surface area contributed by atoms with E-state index in [-0.39, 0.29) is 12.5 Å². The number of para-hydroxylation sites is 1. The lowest BCUT2D eigenvalue weighted by atomic mass is 10.2. The van der Waals surface area contributed by atoms with E-state index in [0.29, 0.717) is 5.96 Å². The van der Waals surface area contributed by atoms with Crippen molar-refractivity contribution in [3.05, 3.63) is 36.5 Å². The van der Waals surface area contributed by atoms with Crippen LogP contribution in [-0.2, 0) is 11.3 Å². The van der Waals surface area contributed by atoms with Crippen molar-refractivity contribution in [3.8, 4) is 0 Å². The second kappa shape index (κ2) is 9.71. The van der Waals surface area contributed by atoms with Crippen molar-refractivity contribution in [2.75, 3.05) is 33.7 Å². The Morgan fingerprint density at radius 3 is 2.68 bits per heavy atom. The van der Waals surface area contributed by atoms with Crippen LogP contribution in [0, 0.1) is 0 Å². The van der Waals surface area contributed by atoms with E-state index >= 15 is 0 Å². The van der Waals surface area contributed by atoms with Crippen molar-refractivity contribution in [1.82, 2.24) is 20.1 Å². The van der Waals surface area contributed by atoms with Crippen LogP contribution in [0.2, 0.25) is 0 Å². The molecule has 2 N–H and O–H groups in total. The summed E-state index contributed by atoms with van der Waals surface area (Å²) >= 11 is 0. The minimum absolute atomic E-state index is 0.00332. The first-order valence-corrected chi connectivity index (χ1v) is 8.88. The third-order valence-electron chi connectivity index (χ3n) is 3.96. The van der Waals surface area contributed by atoms with Gasteiger partial charge in [0.1, 0.15) is 6.54 Å². The predicted molar refractivity (Wildman–Crippen MR) is 104 cm³/mol. The van der Waals surface area contributed by atoms with Crippen LogP contribution in [0.25, 0.3) is 10.9 Å². The van der Waals surface area contributed by atoms with Gasteiger partial charge >= 0.3 is 0 Å². The van der Waals surface area contributed by atoms with E-state index < -0.39 is 0 Å². The number of guanidine groups is 1. The lowest BCUT2D eigenvalue weighted by molar-refractivity contribution is -0.127. The summed E-state index contributed by atoms with van der Waals surface area (Å²) in [5.74, 6) is 0.700. The van der Waals surface area contributed by atoms with E-state index in [1.54, 1.807) is 19.0 Å². The normalized spacial score (nSPS) is 11.6. The zero-order valence-electron chi connectivity index (χ0n) is 15.5. The maximum absolute atomic E-state index is 11.7. The Hall–Kier alpha value is -2.50. The molecule has 0 radical (unpaired) electrons. The SMILES string of the molecule is CCCNC(=NCC(=O)N(C)C)NCCCn1ccc2ccccc21. The Bertz CT molecular complexity index is 705. The van der Waals surface area contributed by atoms with Crippen LogP contribution < -0.4 is 10.6 Å².